The summed E-state index contributed by atoms with van der Waals surface area (Å²) in [6.07, 6.45) is 5.50. The highest BCUT2D eigenvalue weighted by Crippen LogP contribution is 2.37. The lowest BCUT2D eigenvalue weighted by molar-refractivity contribution is 0.0776. The number of hydrogen-bond donors (Lipinski definition) is 3. The first-order valence-corrected chi connectivity index (χ1v) is 12.6. The van der Waals surface area contributed by atoms with Crippen LogP contribution in [0.1, 0.15) is 59.9 Å². The van der Waals surface area contributed by atoms with Crippen LogP contribution in [0.25, 0.3) is 0 Å². The summed E-state index contributed by atoms with van der Waals surface area (Å²) in [6.45, 7) is 3.18. The maximum Gasteiger partial charge on any atom is 0.354 e. The summed E-state index contributed by atoms with van der Waals surface area (Å²) in [5.41, 5.74) is 3.98. The number of carbonyl (C=O) groups is 1. The molecule has 0 saturated carbocycles. The Hall–Kier alpha value is -1.92. The smallest absolute Gasteiger partial charge is 0.354 e. The first-order valence-electron chi connectivity index (χ1n) is 10.2. The van der Waals surface area contributed by atoms with Gasteiger partial charge >= 0.3 is 6.03 Å². The third kappa shape index (κ3) is 4.37. The number of fused-ring (bicyclic) bond motifs is 2. The number of rotatable bonds is 5. The number of urea groups is 1. The van der Waals surface area contributed by atoms with Crippen molar-refractivity contribution < 1.29 is 18.8 Å². The van der Waals surface area contributed by atoms with Gasteiger partial charge in [0.1, 0.15) is 14.8 Å². The van der Waals surface area contributed by atoms with E-state index >= 15 is 0 Å². The molecule has 31 heavy (non-hydrogen) atoms. The summed E-state index contributed by atoms with van der Waals surface area (Å²) in [7, 11) is -2.12. The van der Waals surface area contributed by atoms with Gasteiger partial charge in [0.15, 0.2) is 9.92 Å². The van der Waals surface area contributed by atoms with Crippen molar-refractivity contribution in [1.29, 1.82) is 0 Å². The molecule has 2 amide bonds. The second-order valence-corrected chi connectivity index (χ2v) is 11.4. The van der Waals surface area contributed by atoms with Gasteiger partial charge in [0, 0.05) is 18.5 Å². The van der Waals surface area contributed by atoms with Crippen LogP contribution in [-0.4, -0.2) is 32.4 Å². The first-order chi connectivity index (χ1) is 14.6. The van der Waals surface area contributed by atoms with Gasteiger partial charge in [-0.3, -0.25) is 4.98 Å². The topological polar surface area (TPSA) is 140 Å². The summed E-state index contributed by atoms with van der Waals surface area (Å²) >= 11 is 0.977. The van der Waals surface area contributed by atoms with Gasteiger partial charge in [-0.05, 0) is 63.5 Å². The molecular formula is C20H27N5O4S2. The Balaban J connectivity index is 1.69. The van der Waals surface area contributed by atoms with Gasteiger partial charge in [0.25, 0.3) is 0 Å². The lowest BCUT2D eigenvalue weighted by Crippen LogP contribution is -2.19. The van der Waals surface area contributed by atoms with Crippen LogP contribution in [0.3, 0.4) is 0 Å². The molecule has 4 N–H and O–H groups in total. The Morgan fingerprint density at radius 1 is 1.23 bits per heavy atom. The molecule has 1 atom stereocenters. The average molecular weight is 466 g/mol. The molecule has 2 aromatic rings. The summed E-state index contributed by atoms with van der Waals surface area (Å²) in [4.78, 5) is 21.9. The fraction of sp³-hybridized carbons (Fsp3) is 0.550. The van der Waals surface area contributed by atoms with Crippen molar-refractivity contribution in [3.8, 4) is 0 Å². The van der Waals surface area contributed by atoms with Crippen molar-refractivity contribution >= 4 is 33.0 Å². The summed E-state index contributed by atoms with van der Waals surface area (Å²) in [6, 6.07) is -0.761. The van der Waals surface area contributed by atoms with Crippen LogP contribution in [-0.2, 0) is 52.5 Å². The van der Waals surface area contributed by atoms with E-state index in [-0.39, 0.29) is 10.8 Å². The zero-order valence-corrected chi connectivity index (χ0v) is 19.5. The summed E-state index contributed by atoms with van der Waals surface area (Å²) < 4.78 is 22.3. The van der Waals surface area contributed by atoms with Gasteiger partial charge in [-0.25, -0.2) is 19.1 Å². The molecule has 2 aliphatic rings. The summed E-state index contributed by atoms with van der Waals surface area (Å²) in [5.74, 6) is 0. The third-order valence-corrected chi connectivity index (χ3v) is 8.81. The molecule has 0 aromatic carbocycles. The lowest BCUT2D eigenvalue weighted by Gasteiger charge is -2.14. The molecule has 4 rings (SSSR count). The van der Waals surface area contributed by atoms with Crippen LogP contribution in [0.15, 0.2) is 8.57 Å². The van der Waals surface area contributed by atoms with E-state index in [2.05, 4.69) is 14.7 Å². The molecule has 2 heterocycles. The molecule has 0 radical (unpaired) electrons. The standard InChI is InChI=1S/C20H27N5O4S2/c1-20(2,27)18-23-15(10-29-3)17(30-18)31(21,28)25-19(26)24-16-11-6-4-8-13(11)22-14-9-5-7-12(14)16/h27H,4-10H2,1-3H3,(H3,21,22,24,25,26,28)/t31-/m0/s1. The number of nitrogens with one attached hydrogen (secondary N) is 1. The SMILES string of the molecule is COCc1nc(C(C)(C)O)sc1[S@@](N)(=O)=NC(=O)Nc1c2c(nc3c1CCC3)CCC2. The predicted molar refractivity (Wildman–Crippen MR) is 118 cm³/mol. The molecular weight excluding hydrogens is 438 g/mol. The number of methoxy groups -OCH3 is 1. The molecule has 0 unspecified atom stereocenters. The van der Waals surface area contributed by atoms with E-state index in [1.807, 2.05) is 0 Å². The minimum atomic E-state index is -3.59. The Morgan fingerprint density at radius 3 is 2.39 bits per heavy atom. The van der Waals surface area contributed by atoms with Gasteiger partial charge in [-0.2, -0.15) is 0 Å². The van der Waals surface area contributed by atoms with E-state index in [1.165, 1.54) is 7.11 Å². The fourth-order valence-electron chi connectivity index (χ4n) is 4.09. The number of anilines is 1. The number of aliphatic hydroxyl groups is 1. The number of thiazole rings is 1. The molecule has 0 spiro atoms. The largest absolute Gasteiger partial charge is 0.383 e. The average Bonchev–Trinajstić information content (AvgIpc) is 3.39. The number of hydrogen-bond acceptors (Lipinski definition) is 7. The zero-order valence-electron chi connectivity index (χ0n) is 17.9. The Kier molecular flexibility index (Phi) is 5.90. The molecule has 9 nitrogen and oxygen atoms in total. The zero-order chi connectivity index (χ0) is 22.4. The Bertz CT molecular complexity index is 1130. The first kappa shape index (κ1) is 22.3. The highest BCUT2D eigenvalue weighted by molar-refractivity contribution is 7.93. The van der Waals surface area contributed by atoms with Gasteiger partial charge in [-0.1, -0.05) is 0 Å². The minimum Gasteiger partial charge on any atom is -0.383 e. The van der Waals surface area contributed by atoms with Crippen LogP contribution >= 0.6 is 11.3 Å². The quantitative estimate of drug-likeness (QED) is 0.620. The number of amides is 2. The van der Waals surface area contributed by atoms with Crippen molar-refractivity contribution in [1.82, 2.24) is 9.97 Å². The number of carbonyl (C=O) groups excluding carboxylic acids is 1. The van der Waals surface area contributed by atoms with Crippen molar-refractivity contribution in [2.45, 2.75) is 68.8 Å². The van der Waals surface area contributed by atoms with E-state index in [0.717, 1.165) is 78.1 Å². The molecule has 0 fully saturated rings. The second-order valence-electron chi connectivity index (χ2n) is 8.38. The van der Waals surface area contributed by atoms with Crippen molar-refractivity contribution in [2.24, 2.45) is 9.50 Å². The van der Waals surface area contributed by atoms with Gasteiger partial charge < -0.3 is 15.2 Å². The van der Waals surface area contributed by atoms with E-state index in [9.17, 15) is 14.1 Å². The number of aromatic nitrogens is 2. The predicted octanol–water partition coefficient (Wildman–Crippen LogP) is 2.82. The van der Waals surface area contributed by atoms with E-state index < -0.39 is 21.5 Å². The Morgan fingerprint density at radius 2 is 1.84 bits per heavy atom. The van der Waals surface area contributed by atoms with Crippen LogP contribution in [0.2, 0.25) is 0 Å². The van der Waals surface area contributed by atoms with Crippen LogP contribution in [0.5, 0.6) is 0 Å². The number of aryl methyl sites for hydroxylation is 2. The highest BCUT2D eigenvalue weighted by atomic mass is 32.2. The monoisotopic (exact) mass is 465 g/mol. The van der Waals surface area contributed by atoms with E-state index in [4.69, 9.17) is 14.9 Å². The van der Waals surface area contributed by atoms with Gasteiger partial charge in [0.2, 0.25) is 0 Å². The lowest BCUT2D eigenvalue weighted by atomic mass is 10.1. The number of nitrogens with zero attached hydrogens (tertiary/aromatic N) is 3. The van der Waals surface area contributed by atoms with Gasteiger partial charge in [0.05, 0.1) is 18.0 Å². The van der Waals surface area contributed by atoms with Crippen LogP contribution in [0.4, 0.5) is 10.5 Å². The van der Waals surface area contributed by atoms with Crippen molar-refractivity contribution in [3.63, 3.8) is 0 Å². The normalized spacial score (nSPS) is 17.2. The summed E-state index contributed by atoms with van der Waals surface area (Å²) in [5, 5.41) is 19.5. The van der Waals surface area contributed by atoms with Crippen molar-refractivity contribution in [2.75, 3.05) is 12.4 Å². The van der Waals surface area contributed by atoms with E-state index in [1.54, 1.807) is 13.8 Å². The number of nitrogens with two attached hydrogens (primary N) is 1. The third-order valence-electron chi connectivity index (χ3n) is 5.43. The molecule has 0 bridgehead atoms. The fourth-order valence-corrected chi connectivity index (χ4v) is 6.53. The van der Waals surface area contributed by atoms with Crippen molar-refractivity contribution in [3.05, 3.63) is 33.2 Å². The number of pyridine rings is 1. The highest BCUT2D eigenvalue weighted by Gasteiger charge is 2.29. The maximum atomic E-state index is 13.3. The minimum absolute atomic E-state index is 0.0403. The molecule has 11 heteroatoms. The molecule has 0 saturated heterocycles. The molecule has 168 valence electrons. The Labute approximate surface area is 185 Å². The van der Waals surface area contributed by atoms with Crippen LogP contribution < -0.4 is 10.5 Å². The van der Waals surface area contributed by atoms with Gasteiger partial charge in [-0.15, -0.1) is 15.7 Å². The second kappa shape index (κ2) is 8.21. The molecule has 0 aliphatic heterocycles. The van der Waals surface area contributed by atoms with Crippen LogP contribution in [0, 0.1) is 0 Å². The molecule has 2 aliphatic carbocycles. The molecule has 2 aromatic heterocycles. The van der Waals surface area contributed by atoms with E-state index in [0.29, 0.717) is 10.7 Å². The number of ether oxygens (including phenoxy) is 1. The maximum absolute atomic E-state index is 13.3.